The zero-order chi connectivity index (χ0) is 15.0. The predicted molar refractivity (Wildman–Crippen MR) is 92.7 cm³/mol. The van der Waals surface area contributed by atoms with Crippen LogP contribution in [0.2, 0.25) is 0 Å². The number of nitrogen functional groups attached to an aromatic ring is 1. The molecular weight excluding hydrogens is 401 g/mol. The van der Waals surface area contributed by atoms with Gasteiger partial charge in [0.1, 0.15) is 4.90 Å². The van der Waals surface area contributed by atoms with Crippen LogP contribution in [0.1, 0.15) is 0 Å². The molecule has 0 unspecified atom stereocenters. The van der Waals surface area contributed by atoms with E-state index in [1.54, 1.807) is 30.3 Å². The first-order valence-electron chi connectivity index (χ1n) is 6.11. The zero-order valence-electron chi connectivity index (χ0n) is 10.8. The molecule has 0 saturated heterocycles. The highest BCUT2D eigenvalue weighted by atomic mass is 127. The van der Waals surface area contributed by atoms with E-state index in [-0.39, 0.29) is 4.90 Å². The van der Waals surface area contributed by atoms with E-state index in [9.17, 15) is 8.42 Å². The number of para-hydroxylation sites is 1. The lowest BCUT2D eigenvalue weighted by molar-refractivity contribution is 0.602. The van der Waals surface area contributed by atoms with Gasteiger partial charge >= 0.3 is 0 Å². The fourth-order valence-corrected chi connectivity index (χ4v) is 4.03. The lowest BCUT2D eigenvalue weighted by atomic mass is 10.2. The van der Waals surface area contributed by atoms with E-state index in [1.165, 1.54) is 6.20 Å². The normalized spacial score (nSPS) is 11.7. The van der Waals surface area contributed by atoms with Crippen LogP contribution in [0, 0.1) is 3.57 Å². The molecule has 0 aliphatic heterocycles. The summed E-state index contributed by atoms with van der Waals surface area (Å²) in [7, 11) is -3.68. The van der Waals surface area contributed by atoms with Gasteiger partial charge in [-0.3, -0.25) is 4.72 Å². The number of hydrogen-bond donors (Lipinski definition) is 3. The van der Waals surface area contributed by atoms with Crippen molar-refractivity contribution in [3.63, 3.8) is 0 Å². The third-order valence-electron chi connectivity index (χ3n) is 3.08. The molecule has 0 amide bonds. The summed E-state index contributed by atoms with van der Waals surface area (Å²) in [5.41, 5.74) is 7.54. The fourth-order valence-electron chi connectivity index (χ4n) is 2.08. The molecule has 1 heterocycles. The zero-order valence-corrected chi connectivity index (χ0v) is 13.8. The molecule has 5 nitrogen and oxygen atoms in total. The number of halogens is 1. The van der Waals surface area contributed by atoms with Gasteiger partial charge in [0.15, 0.2) is 0 Å². The van der Waals surface area contributed by atoms with Gasteiger partial charge in [-0.2, -0.15) is 0 Å². The quantitative estimate of drug-likeness (QED) is 0.456. The van der Waals surface area contributed by atoms with E-state index in [0.29, 0.717) is 16.8 Å². The van der Waals surface area contributed by atoms with E-state index in [1.807, 2.05) is 12.1 Å². The SMILES string of the molecule is Nc1ccc2[nH]cc(S(=O)(=O)Nc3ccccc3I)c2c1. The average molecular weight is 413 g/mol. The minimum absolute atomic E-state index is 0.185. The summed E-state index contributed by atoms with van der Waals surface area (Å²) in [6, 6.07) is 12.3. The van der Waals surface area contributed by atoms with E-state index in [2.05, 4.69) is 32.3 Å². The number of hydrogen-bond acceptors (Lipinski definition) is 3. The van der Waals surface area contributed by atoms with Crippen LogP contribution in [-0.4, -0.2) is 13.4 Å². The number of aromatic amines is 1. The van der Waals surface area contributed by atoms with Gasteiger partial charge in [-0.1, -0.05) is 12.1 Å². The summed E-state index contributed by atoms with van der Waals surface area (Å²) in [4.78, 5) is 3.13. The second kappa shape index (κ2) is 5.23. The van der Waals surface area contributed by atoms with Crippen LogP contribution in [0.15, 0.2) is 53.6 Å². The lowest BCUT2D eigenvalue weighted by Gasteiger charge is -2.09. The number of sulfonamides is 1. The summed E-state index contributed by atoms with van der Waals surface area (Å²) < 4.78 is 28.6. The molecule has 3 aromatic rings. The molecule has 2 aromatic carbocycles. The van der Waals surface area contributed by atoms with Crippen LogP contribution in [-0.2, 0) is 10.0 Å². The summed E-state index contributed by atoms with van der Waals surface area (Å²) in [6.45, 7) is 0. The molecule has 7 heteroatoms. The Morgan fingerprint density at radius 3 is 2.67 bits per heavy atom. The molecule has 1 aromatic heterocycles. The van der Waals surface area contributed by atoms with Gasteiger partial charge in [0.25, 0.3) is 10.0 Å². The van der Waals surface area contributed by atoms with Gasteiger partial charge in [-0.25, -0.2) is 8.42 Å². The third kappa shape index (κ3) is 2.70. The van der Waals surface area contributed by atoms with Crippen LogP contribution in [0.4, 0.5) is 11.4 Å². The molecule has 0 aliphatic carbocycles. The molecule has 0 atom stereocenters. The average Bonchev–Trinajstić information content (AvgIpc) is 2.85. The molecule has 0 radical (unpaired) electrons. The van der Waals surface area contributed by atoms with Crippen LogP contribution >= 0.6 is 22.6 Å². The maximum Gasteiger partial charge on any atom is 0.264 e. The molecule has 4 N–H and O–H groups in total. The standard InChI is InChI=1S/C14H12IN3O2S/c15-11-3-1-2-4-13(11)18-21(19,20)14-8-17-12-6-5-9(16)7-10(12)14/h1-8,17-18H,16H2. The van der Waals surface area contributed by atoms with Gasteiger partial charge in [0.2, 0.25) is 0 Å². The molecule has 3 rings (SSSR count). The van der Waals surface area contributed by atoms with Crippen LogP contribution < -0.4 is 10.5 Å². The monoisotopic (exact) mass is 413 g/mol. The van der Waals surface area contributed by atoms with Crippen molar-refractivity contribution < 1.29 is 8.42 Å². The molecule has 0 fully saturated rings. The number of nitrogens with two attached hydrogens (primary N) is 1. The van der Waals surface area contributed by atoms with Crippen LogP contribution in [0.5, 0.6) is 0 Å². The van der Waals surface area contributed by atoms with Gasteiger partial charge in [0, 0.05) is 26.4 Å². The molecule has 0 bridgehead atoms. The third-order valence-corrected chi connectivity index (χ3v) is 5.42. The van der Waals surface area contributed by atoms with Crippen molar-refractivity contribution in [1.82, 2.24) is 4.98 Å². The molecule has 108 valence electrons. The highest BCUT2D eigenvalue weighted by Gasteiger charge is 2.20. The molecule has 0 aliphatic rings. The Bertz CT molecular complexity index is 919. The number of aromatic nitrogens is 1. The van der Waals surface area contributed by atoms with Crippen molar-refractivity contribution >= 4 is 54.9 Å². The highest BCUT2D eigenvalue weighted by molar-refractivity contribution is 14.1. The maximum atomic E-state index is 12.6. The number of benzene rings is 2. The first-order valence-corrected chi connectivity index (χ1v) is 8.67. The van der Waals surface area contributed by atoms with Gasteiger partial charge < -0.3 is 10.7 Å². The second-order valence-corrected chi connectivity index (χ2v) is 7.36. The first-order chi connectivity index (χ1) is 9.97. The Labute approximate surface area is 135 Å². The Morgan fingerprint density at radius 1 is 1.14 bits per heavy atom. The van der Waals surface area contributed by atoms with Crippen molar-refractivity contribution in [2.45, 2.75) is 4.90 Å². The highest BCUT2D eigenvalue weighted by Crippen LogP contribution is 2.27. The van der Waals surface area contributed by atoms with Gasteiger partial charge in [0.05, 0.1) is 5.69 Å². The molecular formula is C14H12IN3O2S. The maximum absolute atomic E-state index is 12.6. The van der Waals surface area contributed by atoms with Crippen molar-refractivity contribution in [2.75, 3.05) is 10.5 Å². The lowest BCUT2D eigenvalue weighted by Crippen LogP contribution is -2.13. The van der Waals surface area contributed by atoms with Crippen LogP contribution in [0.3, 0.4) is 0 Å². The van der Waals surface area contributed by atoms with Gasteiger partial charge in [-0.15, -0.1) is 0 Å². The summed E-state index contributed by atoms with van der Waals surface area (Å²) in [6.07, 6.45) is 1.47. The Hall–Kier alpha value is -1.74. The fraction of sp³-hybridized carbons (Fsp3) is 0. The van der Waals surface area contributed by atoms with E-state index >= 15 is 0 Å². The number of rotatable bonds is 3. The topological polar surface area (TPSA) is 88.0 Å². The second-order valence-electron chi connectivity index (χ2n) is 4.54. The molecule has 21 heavy (non-hydrogen) atoms. The largest absolute Gasteiger partial charge is 0.399 e. The molecule has 0 saturated carbocycles. The van der Waals surface area contributed by atoms with E-state index in [4.69, 9.17) is 5.73 Å². The van der Waals surface area contributed by atoms with Crippen molar-refractivity contribution in [1.29, 1.82) is 0 Å². The minimum Gasteiger partial charge on any atom is -0.399 e. The molecule has 0 spiro atoms. The van der Waals surface area contributed by atoms with Crippen molar-refractivity contribution in [3.8, 4) is 0 Å². The Morgan fingerprint density at radius 2 is 1.90 bits per heavy atom. The summed E-state index contributed by atoms with van der Waals surface area (Å²) in [5.74, 6) is 0. The first kappa shape index (κ1) is 14.2. The van der Waals surface area contributed by atoms with Crippen molar-refractivity contribution in [2.24, 2.45) is 0 Å². The Kier molecular flexibility index (Phi) is 3.54. The van der Waals surface area contributed by atoms with E-state index in [0.717, 1.165) is 9.09 Å². The number of fused-ring (bicyclic) bond motifs is 1. The smallest absolute Gasteiger partial charge is 0.264 e. The number of nitrogens with one attached hydrogen (secondary N) is 2. The summed E-state index contributed by atoms with van der Waals surface area (Å²) in [5, 5.41) is 0.577. The van der Waals surface area contributed by atoms with E-state index < -0.39 is 10.0 Å². The van der Waals surface area contributed by atoms with Gasteiger partial charge in [-0.05, 0) is 52.9 Å². The Balaban J connectivity index is 2.09. The number of anilines is 2. The predicted octanol–water partition coefficient (Wildman–Crippen LogP) is 3.16. The van der Waals surface area contributed by atoms with Crippen LogP contribution in [0.25, 0.3) is 10.9 Å². The van der Waals surface area contributed by atoms with Crippen molar-refractivity contribution in [3.05, 3.63) is 52.2 Å². The number of H-pyrrole nitrogens is 1. The minimum atomic E-state index is -3.68. The summed E-state index contributed by atoms with van der Waals surface area (Å²) >= 11 is 2.09.